The van der Waals surface area contributed by atoms with Gasteiger partial charge in [0, 0.05) is 43.3 Å². The molecule has 0 aromatic heterocycles. The number of nitrogens with one attached hydrogen (secondary N) is 1. The Morgan fingerprint density at radius 2 is 1.67 bits per heavy atom. The number of carbonyl (C=O) groups is 1. The van der Waals surface area contributed by atoms with Crippen LogP contribution in [0.4, 0.5) is 5.69 Å². The van der Waals surface area contributed by atoms with Crippen LogP contribution >= 0.6 is 11.8 Å². The van der Waals surface area contributed by atoms with Gasteiger partial charge in [0.15, 0.2) is 0 Å². The van der Waals surface area contributed by atoms with E-state index in [9.17, 15) is 4.79 Å². The Morgan fingerprint density at radius 3 is 2.33 bits per heavy atom. The summed E-state index contributed by atoms with van der Waals surface area (Å²) in [6, 6.07) is 16.5. The van der Waals surface area contributed by atoms with Crippen LogP contribution in [-0.4, -0.2) is 61.2 Å². The van der Waals surface area contributed by atoms with Crippen LogP contribution in [0.2, 0.25) is 0 Å². The third-order valence-corrected chi connectivity index (χ3v) is 5.95. The predicted octanol–water partition coefficient (Wildman–Crippen LogP) is 3.52. The van der Waals surface area contributed by atoms with Crippen molar-refractivity contribution in [1.29, 1.82) is 0 Å². The summed E-state index contributed by atoms with van der Waals surface area (Å²) in [7, 11) is 2.18. The number of thioether (sulfide) groups is 1. The van der Waals surface area contributed by atoms with Gasteiger partial charge in [0.25, 0.3) is 0 Å². The van der Waals surface area contributed by atoms with Crippen LogP contribution in [0.1, 0.15) is 11.1 Å². The zero-order valence-corrected chi connectivity index (χ0v) is 17.1. The quantitative estimate of drug-likeness (QED) is 0.742. The molecule has 3 rings (SSSR count). The molecule has 0 atom stereocenters. The first-order valence-corrected chi connectivity index (χ1v) is 10.6. The van der Waals surface area contributed by atoms with Gasteiger partial charge in [0.05, 0.1) is 5.75 Å². The molecular formula is C22H29N3OS. The fraction of sp³-hybridized carbons (Fsp3) is 0.409. The molecule has 1 heterocycles. The molecule has 1 fully saturated rings. The van der Waals surface area contributed by atoms with Crippen LogP contribution in [0.25, 0.3) is 0 Å². The lowest BCUT2D eigenvalue weighted by atomic mass is 10.1. The summed E-state index contributed by atoms with van der Waals surface area (Å²) in [5.74, 6) is 0.458. The molecule has 144 valence electrons. The maximum absolute atomic E-state index is 12.2. The number of rotatable bonds is 7. The number of carbonyl (C=O) groups excluding carboxylic acids is 1. The van der Waals surface area contributed by atoms with E-state index in [-0.39, 0.29) is 5.91 Å². The largest absolute Gasteiger partial charge is 0.325 e. The lowest BCUT2D eigenvalue weighted by Gasteiger charge is -2.32. The molecule has 0 unspecified atom stereocenters. The molecule has 0 radical (unpaired) electrons. The Kier molecular flexibility index (Phi) is 7.33. The van der Waals surface area contributed by atoms with Crippen molar-refractivity contribution in [3.05, 3.63) is 59.7 Å². The molecule has 0 saturated carbocycles. The van der Waals surface area contributed by atoms with E-state index in [2.05, 4.69) is 65.5 Å². The van der Waals surface area contributed by atoms with Crippen molar-refractivity contribution in [2.45, 2.75) is 18.2 Å². The molecule has 2 aromatic rings. The van der Waals surface area contributed by atoms with Gasteiger partial charge >= 0.3 is 0 Å². The van der Waals surface area contributed by atoms with Crippen LogP contribution in [0.5, 0.6) is 0 Å². The zero-order chi connectivity index (χ0) is 19.1. The zero-order valence-electron chi connectivity index (χ0n) is 16.3. The first kappa shape index (κ1) is 19.9. The van der Waals surface area contributed by atoms with E-state index in [4.69, 9.17) is 0 Å². The Hall–Kier alpha value is -1.82. The van der Waals surface area contributed by atoms with Crippen molar-refractivity contribution in [1.82, 2.24) is 9.80 Å². The smallest absolute Gasteiger partial charge is 0.234 e. The third-order valence-electron chi connectivity index (χ3n) is 4.94. The van der Waals surface area contributed by atoms with Crippen LogP contribution in [0, 0.1) is 6.92 Å². The maximum atomic E-state index is 12.2. The average molecular weight is 384 g/mol. The van der Waals surface area contributed by atoms with Crippen molar-refractivity contribution in [3.8, 4) is 0 Å². The van der Waals surface area contributed by atoms with Crippen molar-refractivity contribution in [3.63, 3.8) is 0 Å². The van der Waals surface area contributed by atoms with Crippen LogP contribution in [0.3, 0.4) is 0 Å². The summed E-state index contributed by atoms with van der Waals surface area (Å²) in [6.07, 6.45) is 1.06. The Bertz CT molecular complexity index is 722. The van der Waals surface area contributed by atoms with E-state index < -0.39 is 0 Å². The first-order chi connectivity index (χ1) is 13.1. The van der Waals surface area contributed by atoms with E-state index in [0.29, 0.717) is 5.75 Å². The molecule has 2 aromatic carbocycles. The highest BCUT2D eigenvalue weighted by Crippen LogP contribution is 2.19. The molecule has 1 aliphatic rings. The lowest BCUT2D eigenvalue weighted by Crippen LogP contribution is -2.45. The fourth-order valence-electron chi connectivity index (χ4n) is 3.09. The second-order valence-electron chi connectivity index (χ2n) is 7.24. The van der Waals surface area contributed by atoms with Gasteiger partial charge in [-0.1, -0.05) is 29.8 Å². The number of hydrogen-bond donors (Lipinski definition) is 1. The highest BCUT2D eigenvalue weighted by atomic mass is 32.2. The molecule has 0 spiro atoms. The lowest BCUT2D eigenvalue weighted by molar-refractivity contribution is -0.113. The standard InChI is InChI=1S/C22H29N3OS/c1-18-3-9-21(10-4-18)27-17-22(26)23-20-7-5-19(6-8-20)11-12-25-15-13-24(2)14-16-25/h3-10H,11-17H2,1-2H3,(H,23,26). The van der Waals surface area contributed by atoms with Gasteiger partial charge in [-0.05, 0) is 50.2 Å². The monoisotopic (exact) mass is 383 g/mol. The highest BCUT2D eigenvalue weighted by Gasteiger charge is 2.13. The van der Waals surface area contributed by atoms with Crippen molar-refractivity contribution < 1.29 is 4.79 Å². The van der Waals surface area contributed by atoms with E-state index in [1.54, 1.807) is 11.8 Å². The summed E-state index contributed by atoms with van der Waals surface area (Å²) in [5.41, 5.74) is 3.42. The topological polar surface area (TPSA) is 35.6 Å². The van der Waals surface area contributed by atoms with E-state index >= 15 is 0 Å². The molecule has 4 nitrogen and oxygen atoms in total. The van der Waals surface area contributed by atoms with Crippen molar-refractivity contribution >= 4 is 23.4 Å². The molecule has 27 heavy (non-hydrogen) atoms. The SMILES string of the molecule is Cc1ccc(SCC(=O)Nc2ccc(CCN3CCN(C)CC3)cc2)cc1. The summed E-state index contributed by atoms with van der Waals surface area (Å²) < 4.78 is 0. The average Bonchev–Trinajstić information content (AvgIpc) is 2.68. The van der Waals surface area contributed by atoms with Gasteiger partial charge in [0.2, 0.25) is 5.91 Å². The number of nitrogens with zero attached hydrogens (tertiary/aromatic N) is 2. The van der Waals surface area contributed by atoms with E-state index in [1.165, 1.54) is 11.1 Å². The Balaban J connectivity index is 1.40. The number of likely N-dealkylation sites (N-methyl/N-ethyl adjacent to an activating group) is 1. The number of benzene rings is 2. The van der Waals surface area contributed by atoms with E-state index in [1.807, 2.05) is 12.1 Å². The van der Waals surface area contributed by atoms with E-state index in [0.717, 1.165) is 49.7 Å². The minimum absolute atomic E-state index is 0.0331. The van der Waals surface area contributed by atoms with Crippen LogP contribution in [-0.2, 0) is 11.2 Å². The van der Waals surface area contributed by atoms with Gasteiger partial charge in [-0.3, -0.25) is 4.79 Å². The van der Waals surface area contributed by atoms with Gasteiger partial charge in [-0.15, -0.1) is 11.8 Å². The van der Waals surface area contributed by atoms with Crippen LogP contribution < -0.4 is 5.32 Å². The van der Waals surface area contributed by atoms with Gasteiger partial charge in [-0.2, -0.15) is 0 Å². The normalized spacial score (nSPS) is 15.6. The Morgan fingerprint density at radius 1 is 1.00 bits per heavy atom. The molecule has 1 N–H and O–H groups in total. The molecular weight excluding hydrogens is 354 g/mol. The molecule has 0 bridgehead atoms. The minimum Gasteiger partial charge on any atom is -0.325 e. The molecule has 5 heteroatoms. The Labute approximate surface area is 166 Å². The fourth-order valence-corrected chi connectivity index (χ4v) is 3.79. The molecule has 1 amide bonds. The van der Waals surface area contributed by atoms with Crippen molar-refractivity contribution in [2.24, 2.45) is 0 Å². The predicted molar refractivity (Wildman–Crippen MR) is 115 cm³/mol. The second kappa shape index (κ2) is 9.93. The summed E-state index contributed by atoms with van der Waals surface area (Å²) >= 11 is 1.56. The maximum Gasteiger partial charge on any atom is 0.234 e. The number of anilines is 1. The molecule has 1 aliphatic heterocycles. The second-order valence-corrected chi connectivity index (χ2v) is 8.29. The van der Waals surface area contributed by atoms with Gasteiger partial charge < -0.3 is 15.1 Å². The number of hydrogen-bond acceptors (Lipinski definition) is 4. The number of piperazine rings is 1. The summed E-state index contributed by atoms with van der Waals surface area (Å²) in [4.78, 5) is 18.2. The number of amides is 1. The molecule has 1 saturated heterocycles. The van der Waals surface area contributed by atoms with Gasteiger partial charge in [0.1, 0.15) is 0 Å². The number of aryl methyl sites for hydroxylation is 1. The summed E-state index contributed by atoms with van der Waals surface area (Å²) in [6.45, 7) is 7.80. The third kappa shape index (κ3) is 6.69. The van der Waals surface area contributed by atoms with Crippen LogP contribution in [0.15, 0.2) is 53.4 Å². The van der Waals surface area contributed by atoms with Gasteiger partial charge in [-0.25, -0.2) is 0 Å². The summed E-state index contributed by atoms with van der Waals surface area (Å²) in [5, 5.41) is 2.99. The minimum atomic E-state index is 0.0331. The first-order valence-electron chi connectivity index (χ1n) is 9.58. The highest BCUT2D eigenvalue weighted by molar-refractivity contribution is 8.00. The van der Waals surface area contributed by atoms with Crippen molar-refractivity contribution in [2.75, 3.05) is 50.8 Å². The molecule has 0 aliphatic carbocycles.